The molecule has 2 N–H and O–H groups in total. The summed E-state index contributed by atoms with van der Waals surface area (Å²) in [4.78, 5) is 27.9. The number of nitrogens with one attached hydrogen (secondary N) is 1. The lowest BCUT2D eigenvalue weighted by atomic mass is 9.99. The Bertz CT molecular complexity index is 1270. The fraction of sp³-hybridized carbons (Fsp3) is 0.600. The van der Waals surface area contributed by atoms with E-state index in [1.54, 1.807) is 6.92 Å². The second-order valence-corrected chi connectivity index (χ2v) is 7.70. The van der Waals surface area contributed by atoms with Crippen LogP contribution in [0.4, 0.5) is 4.39 Å². The number of fused-ring (bicyclic) bond motifs is 1. The molecule has 1 aliphatic rings. The van der Waals surface area contributed by atoms with Gasteiger partial charge in [0.25, 0.3) is 11.5 Å². The van der Waals surface area contributed by atoms with Crippen molar-refractivity contribution in [2.24, 2.45) is 5.89 Å². The van der Waals surface area contributed by atoms with Gasteiger partial charge in [-0.15, -0.1) is 0 Å². The van der Waals surface area contributed by atoms with Gasteiger partial charge in [-0.2, -0.15) is 4.39 Å². The van der Waals surface area contributed by atoms with E-state index < -0.39 is 69.4 Å². The van der Waals surface area contributed by atoms with Crippen molar-refractivity contribution in [2.75, 3.05) is 26.1 Å². The van der Waals surface area contributed by atoms with Crippen molar-refractivity contribution in [2.45, 2.75) is 46.0 Å². The first kappa shape index (κ1) is 11.9. The van der Waals surface area contributed by atoms with Crippen LogP contribution >= 0.6 is 11.3 Å². The molecule has 3 rings (SSSR count). The molecule has 0 bridgehead atoms. The van der Waals surface area contributed by atoms with E-state index in [1.807, 2.05) is 4.90 Å². The number of likely N-dealkylation sites (tertiary alicyclic amines) is 1. The SMILES string of the molecule is [2H]c1c(F)sc2c1c(O)c(C(=O)N([2H])C([2H])([2H])CCN1CCC([2H])(C)CC1)c(=O)n2C([2H])(C)C([2H])([2H])[2H]. The van der Waals surface area contributed by atoms with Gasteiger partial charge in [0, 0.05) is 20.7 Å². The predicted octanol–water partition coefficient (Wildman–Crippen LogP) is 3.34. The third-order valence-corrected chi connectivity index (χ3v) is 5.56. The summed E-state index contributed by atoms with van der Waals surface area (Å²) < 4.78 is 86.6. The molecule has 1 unspecified atom stereocenters. The van der Waals surface area contributed by atoms with Gasteiger partial charge < -0.3 is 15.3 Å². The zero-order chi connectivity index (χ0) is 28.3. The monoisotopic (exact) mass is 418 g/mol. The summed E-state index contributed by atoms with van der Waals surface area (Å²) in [5.41, 5.74) is -2.76. The maximum atomic E-state index is 14.3. The van der Waals surface area contributed by atoms with Gasteiger partial charge in [-0.1, -0.05) is 18.3 Å². The highest BCUT2D eigenvalue weighted by molar-refractivity contribution is 7.17. The van der Waals surface area contributed by atoms with Gasteiger partial charge in [0.05, 0.1) is 8.13 Å². The molecule has 1 fully saturated rings. The standard InChI is InChI=1S/C20H28FN3O3S/c1-12(2)24-19(27)16(17(25)14-11-15(21)28-20(14)24)18(26)22-7-4-8-23-9-5-13(3)6-10-23/h11-13,25H,4-10H2,1-3H3,(H,22,26)/i1D3,7D2,11D,12D,13D/hD. The predicted molar refractivity (Wildman–Crippen MR) is 110 cm³/mol. The van der Waals surface area contributed by atoms with Crippen molar-refractivity contribution in [1.29, 1.82) is 0 Å². The molecule has 1 saturated heterocycles. The van der Waals surface area contributed by atoms with E-state index in [0.717, 1.165) is 6.92 Å². The summed E-state index contributed by atoms with van der Waals surface area (Å²) in [5, 5.41) is 8.67. The number of aromatic nitrogens is 1. The summed E-state index contributed by atoms with van der Waals surface area (Å²) in [7, 11) is 0. The molecule has 8 heteroatoms. The van der Waals surface area contributed by atoms with E-state index in [9.17, 15) is 19.1 Å². The molecule has 0 aromatic carbocycles. The number of nitrogens with zero attached hydrogens (tertiary/aromatic N) is 2. The number of amides is 1. The van der Waals surface area contributed by atoms with Gasteiger partial charge in [0.15, 0.2) is 6.54 Å². The molecule has 6 nitrogen and oxygen atoms in total. The molecule has 154 valence electrons. The number of thiophene rings is 1. The third-order valence-electron chi connectivity index (χ3n) is 4.70. The number of rotatable bonds is 6. The van der Waals surface area contributed by atoms with Crippen LogP contribution in [-0.2, 0) is 0 Å². The Labute approximate surface area is 180 Å². The quantitative estimate of drug-likeness (QED) is 0.755. The zero-order valence-corrected chi connectivity index (χ0v) is 16.5. The molecule has 2 aromatic rings. The molecule has 0 spiro atoms. The number of carbonyl (C=O) groups is 1. The highest BCUT2D eigenvalue weighted by Crippen LogP contribution is 2.33. The maximum Gasteiger partial charge on any atom is 0.268 e. The van der Waals surface area contributed by atoms with Crippen molar-refractivity contribution in [1.82, 2.24) is 14.8 Å². The summed E-state index contributed by atoms with van der Waals surface area (Å²) in [6, 6.07) is -3.70. The molecular weight excluding hydrogens is 381 g/mol. The molecule has 0 radical (unpaired) electrons. The molecule has 1 amide bonds. The van der Waals surface area contributed by atoms with E-state index in [2.05, 4.69) is 0 Å². The first-order valence-electron chi connectivity index (χ1n) is 13.3. The average Bonchev–Trinajstić information content (AvgIpc) is 3.05. The van der Waals surface area contributed by atoms with Gasteiger partial charge in [-0.3, -0.25) is 14.2 Å². The van der Waals surface area contributed by atoms with Crippen molar-refractivity contribution >= 4 is 27.5 Å². The first-order chi connectivity index (χ1) is 16.7. The van der Waals surface area contributed by atoms with Gasteiger partial charge in [-0.25, -0.2) is 0 Å². The largest absolute Gasteiger partial charge is 0.506 e. The van der Waals surface area contributed by atoms with Crippen molar-refractivity contribution in [3.05, 3.63) is 27.1 Å². The van der Waals surface area contributed by atoms with Gasteiger partial charge in [0.2, 0.25) is 0 Å². The van der Waals surface area contributed by atoms with Gasteiger partial charge in [0.1, 0.15) is 16.1 Å². The van der Waals surface area contributed by atoms with Crippen LogP contribution in [0.25, 0.3) is 10.2 Å². The minimum Gasteiger partial charge on any atom is -0.506 e. The van der Waals surface area contributed by atoms with Crippen molar-refractivity contribution in [3.63, 3.8) is 0 Å². The zero-order valence-electron chi connectivity index (χ0n) is 24.6. The number of halogens is 1. The minimum absolute atomic E-state index is 0.136. The Kier molecular flexibility index (Phi) is 3.67. The van der Waals surface area contributed by atoms with Crippen LogP contribution in [-0.4, -0.2) is 46.6 Å². The summed E-state index contributed by atoms with van der Waals surface area (Å²) in [6.07, 6.45) is 0.778. The van der Waals surface area contributed by atoms with Gasteiger partial charge >= 0.3 is 0 Å². The van der Waals surface area contributed by atoms with Crippen LogP contribution in [0.5, 0.6) is 5.75 Å². The number of aromatic hydroxyl groups is 1. The lowest BCUT2D eigenvalue weighted by Crippen LogP contribution is -2.37. The lowest BCUT2D eigenvalue weighted by molar-refractivity contribution is 0.0946. The Morgan fingerprint density at radius 1 is 1.68 bits per heavy atom. The van der Waals surface area contributed by atoms with Crippen LogP contribution < -0.4 is 10.9 Å². The minimum atomic E-state index is -3.16. The Balaban J connectivity index is 2.04. The first-order valence-corrected chi connectivity index (χ1v) is 9.67. The summed E-state index contributed by atoms with van der Waals surface area (Å²) >= 11 is 0.149. The number of carbonyl (C=O) groups excluding carboxylic acids is 1. The molecule has 0 aliphatic carbocycles. The van der Waals surface area contributed by atoms with E-state index in [4.69, 9.17) is 12.4 Å². The molecule has 2 aromatic heterocycles. The van der Waals surface area contributed by atoms with Crippen LogP contribution in [0.15, 0.2) is 10.8 Å². The Hall–Kier alpha value is -1.93. The highest BCUT2D eigenvalue weighted by Gasteiger charge is 2.25. The molecule has 1 aliphatic heterocycles. The van der Waals surface area contributed by atoms with E-state index in [-0.39, 0.29) is 34.2 Å². The van der Waals surface area contributed by atoms with Gasteiger partial charge in [-0.05, 0) is 64.6 Å². The third kappa shape index (κ3) is 4.22. The smallest absolute Gasteiger partial charge is 0.268 e. The second kappa shape index (κ2) is 8.61. The number of hydrogen-bond donors (Lipinski definition) is 2. The molecule has 1 atom stereocenters. The lowest BCUT2D eigenvalue weighted by Gasteiger charge is -2.30. The molecular formula is C20H28FN3O3S. The summed E-state index contributed by atoms with van der Waals surface area (Å²) in [6.45, 7) is -1.99. The number of pyridine rings is 1. The van der Waals surface area contributed by atoms with E-state index in [0.29, 0.717) is 25.9 Å². The van der Waals surface area contributed by atoms with Crippen molar-refractivity contribution < 1.29 is 26.7 Å². The Morgan fingerprint density at radius 2 is 2.39 bits per heavy atom. The number of piperidine rings is 1. The molecule has 3 heterocycles. The van der Waals surface area contributed by atoms with Crippen LogP contribution in [0, 0.1) is 11.0 Å². The number of hydrogen-bond acceptors (Lipinski definition) is 5. The fourth-order valence-corrected chi connectivity index (χ4v) is 3.99. The average molecular weight is 419 g/mol. The summed E-state index contributed by atoms with van der Waals surface area (Å²) in [5.74, 6) is -3.40. The van der Waals surface area contributed by atoms with Crippen molar-refractivity contribution in [3.8, 4) is 5.75 Å². The maximum absolute atomic E-state index is 14.3. The highest BCUT2D eigenvalue weighted by atomic mass is 32.1. The van der Waals surface area contributed by atoms with Crippen LogP contribution in [0.1, 0.15) is 67.3 Å². The second-order valence-electron chi connectivity index (χ2n) is 6.75. The van der Waals surface area contributed by atoms with Crippen LogP contribution in [0.3, 0.4) is 0 Å². The normalized spacial score (nSPS) is 25.0. The fourth-order valence-electron chi connectivity index (χ4n) is 3.11. The van der Waals surface area contributed by atoms with E-state index in [1.165, 1.54) is 0 Å². The van der Waals surface area contributed by atoms with E-state index >= 15 is 0 Å². The van der Waals surface area contributed by atoms with Crippen LogP contribution in [0.2, 0.25) is 1.41 Å². The topological polar surface area (TPSA) is 74.6 Å². The Morgan fingerprint density at radius 3 is 3.07 bits per heavy atom. The molecule has 0 saturated carbocycles. The molecule has 28 heavy (non-hydrogen) atoms.